The van der Waals surface area contributed by atoms with Crippen LogP contribution in [0.1, 0.15) is 39.5 Å². The quantitative estimate of drug-likeness (QED) is 0.559. The van der Waals surface area contributed by atoms with Crippen LogP contribution in [0.4, 0.5) is 0 Å². The summed E-state index contributed by atoms with van der Waals surface area (Å²) in [6, 6.07) is 0.380. The van der Waals surface area contributed by atoms with Gasteiger partial charge in [0.05, 0.1) is 13.2 Å². The second kappa shape index (κ2) is 5.65. The molecule has 1 atom stereocenters. The van der Waals surface area contributed by atoms with Crippen LogP contribution in [-0.4, -0.2) is 42.8 Å². The van der Waals surface area contributed by atoms with Crippen LogP contribution in [0.3, 0.4) is 0 Å². The third-order valence-electron chi connectivity index (χ3n) is 4.67. The maximum absolute atomic E-state index is 5.78. The summed E-state index contributed by atoms with van der Waals surface area (Å²) < 4.78 is 5.43. The first-order valence-corrected chi connectivity index (χ1v) is 6.93. The molecule has 4 nitrogen and oxygen atoms in total. The molecule has 1 saturated heterocycles. The molecule has 0 aromatic heterocycles. The summed E-state index contributed by atoms with van der Waals surface area (Å²) in [5.41, 5.74) is 3.18. The zero-order valence-electron chi connectivity index (χ0n) is 11.2. The van der Waals surface area contributed by atoms with Crippen molar-refractivity contribution in [1.29, 1.82) is 0 Å². The third kappa shape index (κ3) is 2.99. The first kappa shape index (κ1) is 13.3. The highest BCUT2D eigenvalue weighted by atomic mass is 16.5. The zero-order valence-corrected chi connectivity index (χ0v) is 11.2. The molecule has 2 aliphatic rings. The molecule has 17 heavy (non-hydrogen) atoms. The Balaban J connectivity index is 1.93. The molecule has 0 spiro atoms. The molecule has 2 rings (SSSR count). The molecule has 1 aliphatic heterocycles. The van der Waals surface area contributed by atoms with E-state index in [2.05, 4.69) is 24.2 Å². The maximum Gasteiger partial charge on any atom is 0.0594 e. The van der Waals surface area contributed by atoms with Crippen LogP contribution in [-0.2, 0) is 4.74 Å². The second-order valence-electron chi connectivity index (χ2n) is 6.00. The topological polar surface area (TPSA) is 50.5 Å². The Labute approximate surface area is 105 Å². The fourth-order valence-electron chi connectivity index (χ4n) is 2.98. The van der Waals surface area contributed by atoms with Crippen molar-refractivity contribution in [1.82, 2.24) is 10.3 Å². The Morgan fingerprint density at radius 2 is 2.00 bits per heavy atom. The fourth-order valence-corrected chi connectivity index (χ4v) is 2.98. The molecule has 3 N–H and O–H groups in total. The lowest BCUT2D eigenvalue weighted by molar-refractivity contribution is -0.0279. The minimum Gasteiger partial charge on any atom is -0.379 e. The first-order valence-electron chi connectivity index (χ1n) is 6.93. The number of hydrogen-bond acceptors (Lipinski definition) is 4. The molecule has 4 heteroatoms. The molecule has 100 valence electrons. The second-order valence-corrected chi connectivity index (χ2v) is 6.00. The molecule has 2 fully saturated rings. The lowest BCUT2D eigenvalue weighted by Crippen LogP contribution is -2.62. The molecule has 1 aliphatic carbocycles. The van der Waals surface area contributed by atoms with Gasteiger partial charge in [0.15, 0.2) is 0 Å². The number of ether oxygens (including phenoxy) is 1. The van der Waals surface area contributed by atoms with Crippen molar-refractivity contribution in [3.05, 3.63) is 0 Å². The van der Waals surface area contributed by atoms with Gasteiger partial charge in [-0.2, -0.15) is 0 Å². The van der Waals surface area contributed by atoms with Crippen LogP contribution in [0.5, 0.6) is 0 Å². The number of nitrogens with one attached hydrogen (secondary N) is 1. The Hall–Kier alpha value is -0.160. The van der Waals surface area contributed by atoms with Gasteiger partial charge in [-0.3, -0.25) is 16.2 Å². The Bertz CT molecular complexity index is 235. The van der Waals surface area contributed by atoms with Gasteiger partial charge >= 0.3 is 0 Å². The van der Waals surface area contributed by atoms with E-state index in [-0.39, 0.29) is 5.54 Å². The summed E-state index contributed by atoms with van der Waals surface area (Å²) in [5, 5.41) is 0. The SMILES string of the molecule is CC(C)(C(CC1CCC1)NN)N1CCOCC1. The van der Waals surface area contributed by atoms with Crippen LogP contribution in [0.2, 0.25) is 0 Å². The summed E-state index contributed by atoms with van der Waals surface area (Å²) in [6.07, 6.45) is 5.38. The smallest absolute Gasteiger partial charge is 0.0594 e. The molecule has 1 saturated carbocycles. The van der Waals surface area contributed by atoms with Gasteiger partial charge in [0.25, 0.3) is 0 Å². The van der Waals surface area contributed by atoms with Crippen molar-refractivity contribution < 1.29 is 4.74 Å². The number of morpholine rings is 1. The molecule has 1 heterocycles. The van der Waals surface area contributed by atoms with Crippen molar-refractivity contribution in [2.75, 3.05) is 26.3 Å². The zero-order chi connectivity index (χ0) is 12.3. The van der Waals surface area contributed by atoms with Crippen molar-refractivity contribution in [2.24, 2.45) is 11.8 Å². The van der Waals surface area contributed by atoms with Crippen LogP contribution < -0.4 is 11.3 Å². The van der Waals surface area contributed by atoms with Crippen LogP contribution in [0.15, 0.2) is 0 Å². The van der Waals surface area contributed by atoms with Gasteiger partial charge in [0.2, 0.25) is 0 Å². The van der Waals surface area contributed by atoms with E-state index < -0.39 is 0 Å². The van der Waals surface area contributed by atoms with Crippen LogP contribution >= 0.6 is 0 Å². The van der Waals surface area contributed by atoms with Gasteiger partial charge in [-0.05, 0) is 26.2 Å². The molecular weight excluding hydrogens is 214 g/mol. The average Bonchev–Trinajstić information content (AvgIpc) is 2.28. The normalized spacial score (nSPS) is 25.6. The van der Waals surface area contributed by atoms with Crippen LogP contribution in [0, 0.1) is 5.92 Å². The number of nitrogens with two attached hydrogens (primary N) is 1. The lowest BCUT2D eigenvalue weighted by Gasteiger charge is -2.47. The standard InChI is InChI=1S/C13H27N3O/c1-13(2,16-6-8-17-9-7-16)12(15-14)10-11-4-3-5-11/h11-12,15H,3-10,14H2,1-2H3. The number of rotatable bonds is 5. The Morgan fingerprint density at radius 3 is 2.47 bits per heavy atom. The predicted molar refractivity (Wildman–Crippen MR) is 69.5 cm³/mol. The van der Waals surface area contributed by atoms with Gasteiger partial charge in [-0.15, -0.1) is 0 Å². The molecular formula is C13H27N3O. The highest BCUT2D eigenvalue weighted by Crippen LogP contribution is 2.34. The fraction of sp³-hybridized carbons (Fsp3) is 1.00. The average molecular weight is 241 g/mol. The van der Waals surface area contributed by atoms with E-state index in [1.807, 2.05) is 0 Å². The molecule has 0 bridgehead atoms. The largest absolute Gasteiger partial charge is 0.379 e. The van der Waals surface area contributed by atoms with Gasteiger partial charge in [-0.25, -0.2) is 0 Å². The van der Waals surface area contributed by atoms with E-state index in [1.54, 1.807) is 0 Å². The van der Waals surface area contributed by atoms with E-state index in [9.17, 15) is 0 Å². The van der Waals surface area contributed by atoms with Gasteiger partial charge in [0.1, 0.15) is 0 Å². The molecule has 0 aromatic rings. The Morgan fingerprint density at radius 1 is 1.35 bits per heavy atom. The van der Waals surface area contributed by atoms with E-state index in [4.69, 9.17) is 10.6 Å². The minimum atomic E-state index is 0.119. The number of hydrogen-bond donors (Lipinski definition) is 2. The summed E-state index contributed by atoms with van der Waals surface area (Å²) in [5.74, 6) is 6.67. The van der Waals surface area contributed by atoms with E-state index in [0.717, 1.165) is 32.2 Å². The monoisotopic (exact) mass is 241 g/mol. The summed E-state index contributed by atoms with van der Waals surface area (Å²) in [4.78, 5) is 2.51. The highest BCUT2D eigenvalue weighted by molar-refractivity contribution is 4.95. The summed E-state index contributed by atoms with van der Waals surface area (Å²) >= 11 is 0. The van der Waals surface area contributed by atoms with Crippen LogP contribution in [0.25, 0.3) is 0 Å². The number of hydrazine groups is 1. The lowest BCUT2D eigenvalue weighted by atomic mass is 9.76. The van der Waals surface area contributed by atoms with Crippen molar-refractivity contribution in [2.45, 2.75) is 51.1 Å². The summed E-state index contributed by atoms with van der Waals surface area (Å²) in [6.45, 7) is 8.36. The predicted octanol–water partition coefficient (Wildman–Crippen LogP) is 1.12. The van der Waals surface area contributed by atoms with E-state index >= 15 is 0 Å². The highest BCUT2D eigenvalue weighted by Gasteiger charge is 2.37. The summed E-state index contributed by atoms with van der Waals surface area (Å²) in [7, 11) is 0. The van der Waals surface area contributed by atoms with Gasteiger partial charge in [-0.1, -0.05) is 19.3 Å². The van der Waals surface area contributed by atoms with Crippen molar-refractivity contribution >= 4 is 0 Å². The number of nitrogens with zero attached hydrogens (tertiary/aromatic N) is 1. The minimum absolute atomic E-state index is 0.119. The van der Waals surface area contributed by atoms with Crippen molar-refractivity contribution in [3.63, 3.8) is 0 Å². The molecule has 0 aromatic carbocycles. The Kier molecular flexibility index (Phi) is 4.42. The van der Waals surface area contributed by atoms with E-state index in [1.165, 1.54) is 25.7 Å². The maximum atomic E-state index is 5.78. The van der Waals surface area contributed by atoms with Gasteiger partial charge < -0.3 is 4.74 Å². The van der Waals surface area contributed by atoms with Gasteiger partial charge in [0, 0.05) is 24.7 Å². The van der Waals surface area contributed by atoms with E-state index in [0.29, 0.717) is 6.04 Å². The first-order chi connectivity index (χ1) is 8.14. The molecule has 0 radical (unpaired) electrons. The third-order valence-corrected chi connectivity index (χ3v) is 4.67. The molecule has 0 amide bonds. The van der Waals surface area contributed by atoms with Crippen molar-refractivity contribution in [3.8, 4) is 0 Å². The molecule has 1 unspecified atom stereocenters.